The van der Waals surface area contributed by atoms with Gasteiger partial charge in [0.2, 0.25) is 5.91 Å². The van der Waals surface area contributed by atoms with E-state index in [0.717, 1.165) is 5.56 Å². The van der Waals surface area contributed by atoms with Gasteiger partial charge in [-0.1, -0.05) is 17.7 Å². The molecule has 0 aromatic heterocycles. The van der Waals surface area contributed by atoms with Crippen molar-refractivity contribution in [1.29, 1.82) is 0 Å². The van der Waals surface area contributed by atoms with Gasteiger partial charge in [0.15, 0.2) is 6.61 Å². The lowest BCUT2D eigenvalue weighted by Crippen LogP contribution is -2.58. The van der Waals surface area contributed by atoms with Crippen molar-refractivity contribution in [3.8, 4) is 5.75 Å². The second-order valence-corrected chi connectivity index (χ2v) is 6.02. The van der Waals surface area contributed by atoms with Crippen LogP contribution in [0.2, 0.25) is 0 Å². The lowest BCUT2D eigenvalue weighted by atomic mass is 9.97. The maximum atomic E-state index is 12.4. The number of primary amides is 1. The molecule has 0 spiro atoms. The zero-order chi connectivity index (χ0) is 17.6. The molecule has 132 valence electrons. The Morgan fingerprint density at radius 3 is 2.67 bits per heavy atom. The minimum atomic E-state index is -0.891. The summed E-state index contributed by atoms with van der Waals surface area (Å²) in [4.78, 5) is 25.4. The third-order valence-corrected chi connectivity index (χ3v) is 3.89. The van der Waals surface area contributed by atoms with Crippen molar-refractivity contribution in [1.82, 2.24) is 4.90 Å². The Labute approximate surface area is 141 Å². The van der Waals surface area contributed by atoms with Crippen LogP contribution in [0.25, 0.3) is 0 Å². The smallest absolute Gasteiger partial charge is 0.260 e. The first-order valence-corrected chi connectivity index (χ1v) is 7.82. The number of amides is 2. The van der Waals surface area contributed by atoms with Gasteiger partial charge in [0.05, 0.1) is 26.2 Å². The highest BCUT2D eigenvalue weighted by Crippen LogP contribution is 2.23. The number of morpholine rings is 1. The molecule has 1 aromatic carbocycles. The van der Waals surface area contributed by atoms with Crippen LogP contribution in [0, 0.1) is 6.92 Å². The standard InChI is InChI=1S/C17H24N2O5/c1-13-3-5-14(6-4-13)23-10-16(21)19-7-8-24-17(11-19,12-22-2)9-15(18)20/h3-6H,7-12H2,1-2H3,(H2,18,20)/t17-/m0/s1. The topological polar surface area (TPSA) is 91.1 Å². The van der Waals surface area contributed by atoms with Crippen LogP contribution in [0.15, 0.2) is 24.3 Å². The molecule has 2 N–H and O–H groups in total. The van der Waals surface area contributed by atoms with Gasteiger partial charge in [-0.25, -0.2) is 0 Å². The molecule has 0 aliphatic carbocycles. The highest BCUT2D eigenvalue weighted by Gasteiger charge is 2.40. The summed E-state index contributed by atoms with van der Waals surface area (Å²) in [6.45, 7) is 3.13. The van der Waals surface area contributed by atoms with Crippen molar-refractivity contribution in [2.24, 2.45) is 5.73 Å². The van der Waals surface area contributed by atoms with Crippen LogP contribution in [0.1, 0.15) is 12.0 Å². The number of ether oxygens (including phenoxy) is 3. The normalized spacial score (nSPS) is 20.7. The average Bonchev–Trinajstić information content (AvgIpc) is 2.53. The molecule has 1 aliphatic rings. The Bertz CT molecular complexity index is 571. The van der Waals surface area contributed by atoms with Crippen molar-refractivity contribution in [2.45, 2.75) is 18.9 Å². The Morgan fingerprint density at radius 2 is 2.04 bits per heavy atom. The SMILES string of the molecule is COC[C@]1(CC(N)=O)CN(C(=O)COc2ccc(C)cc2)CCO1. The van der Waals surface area contributed by atoms with Gasteiger partial charge in [0, 0.05) is 13.7 Å². The molecule has 1 heterocycles. The van der Waals surface area contributed by atoms with Crippen LogP contribution in [-0.4, -0.2) is 62.3 Å². The number of rotatable bonds is 7. The van der Waals surface area contributed by atoms with Gasteiger partial charge in [0.25, 0.3) is 5.91 Å². The van der Waals surface area contributed by atoms with E-state index < -0.39 is 11.5 Å². The molecule has 7 heteroatoms. The molecule has 0 saturated carbocycles. The third kappa shape index (κ3) is 4.94. The Morgan fingerprint density at radius 1 is 1.33 bits per heavy atom. The fraction of sp³-hybridized carbons (Fsp3) is 0.529. The molecule has 1 aromatic rings. The molecule has 0 unspecified atom stereocenters. The Balaban J connectivity index is 1.95. The van der Waals surface area contributed by atoms with E-state index in [1.165, 1.54) is 7.11 Å². The van der Waals surface area contributed by atoms with Gasteiger partial charge < -0.3 is 24.8 Å². The summed E-state index contributed by atoms with van der Waals surface area (Å²) >= 11 is 0. The Hall–Kier alpha value is -2.12. The summed E-state index contributed by atoms with van der Waals surface area (Å²) in [5, 5.41) is 0. The molecule has 1 aliphatic heterocycles. The quantitative estimate of drug-likeness (QED) is 0.783. The summed E-state index contributed by atoms with van der Waals surface area (Å²) in [5.41, 5.74) is 5.54. The predicted molar refractivity (Wildman–Crippen MR) is 87.6 cm³/mol. The number of benzene rings is 1. The summed E-state index contributed by atoms with van der Waals surface area (Å²) in [7, 11) is 1.52. The van der Waals surface area contributed by atoms with Gasteiger partial charge in [-0.05, 0) is 19.1 Å². The fourth-order valence-corrected chi connectivity index (χ4v) is 2.75. The van der Waals surface area contributed by atoms with E-state index in [1.807, 2.05) is 31.2 Å². The van der Waals surface area contributed by atoms with Gasteiger partial charge in [0.1, 0.15) is 11.4 Å². The van der Waals surface area contributed by atoms with Crippen LogP contribution < -0.4 is 10.5 Å². The van der Waals surface area contributed by atoms with Crippen molar-refractivity contribution >= 4 is 11.8 Å². The number of nitrogens with zero attached hydrogens (tertiary/aromatic N) is 1. The number of aryl methyl sites for hydroxylation is 1. The third-order valence-electron chi connectivity index (χ3n) is 3.89. The number of carbonyl (C=O) groups is 2. The van der Waals surface area contributed by atoms with Crippen molar-refractivity contribution in [3.05, 3.63) is 29.8 Å². The molecule has 0 bridgehead atoms. The van der Waals surface area contributed by atoms with Gasteiger partial charge in [-0.3, -0.25) is 9.59 Å². The average molecular weight is 336 g/mol. The summed E-state index contributed by atoms with van der Waals surface area (Å²) in [6.07, 6.45) is 0.00341. The molecular weight excluding hydrogens is 312 g/mol. The molecule has 0 radical (unpaired) electrons. The van der Waals surface area contributed by atoms with E-state index in [9.17, 15) is 9.59 Å². The molecule has 1 atom stereocenters. The summed E-state index contributed by atoms with van der Waals surface area (Å²) in [5.74, 6) is -0.0106. The van der Waals surface area contributed by atoms with Crippen LogP contribution >= 0.6 is 0 Å². The zero-order valence-corrected chi connectivity index (χ0v) is 14.1. The molecule has 1 fully saturated rings. The maximum absolute atomic E-state index is 12.4. The largest absolute Gasteiger partial charge is 0.484 e. The number of nitrogens with two attached hydrogens (primary N) is 1. The molecular formula is C17H24N2O5. The highest BCUT2D eigenvalue weighted by atomic mass is 16.5. The predicted octanol–water partition coefficient (Wildman–Crippen LogP) is 0.493. The number of methoxy groups -OCH3 is 1. The summed E-state index contributed by atoms with van der Waals surface area (Å²) in [6, 6.07) is 7.49. The fourth-order valence-electron chi connectivity index (χ4n) is 2.75. The monoisotopic (exact) mass is 336 g/mol. The van der Waals surface area contributed by atoms with Crippen LogP contribution in [0.3, 0.4) is 0 Å². The molecule has 1 saturated heterocycles. The van der Waals surface area contributed by atoms with Gasteiger partial charge >= 0.3 is 0 Å². The first-order chi connectivity index (χ1) is 11.4. The molecule has 2 rings (SSSR count). The van der Waals surface area contributed by atoms with Crippen LogP contribution in [0.5, 0.6) is 5.75 Å². The van der Waals surface area contributed by atoms with E-state index in [1.54, 1.807) is 4.90 Å². The summed E-state index contributed by atoms with van der Waals surface area (Å²) < 4.78 is 16.4. The lowest BCUT2D eigenvalue weighted by Gasteiger charge is -2.41. The minimum Gasteiger partial charge on any atom is -0.484 e. The van der Waals surface area contributed by atoms with Crippen molar-refractivity contribution in [2.75, 3.05) is 40.0 Å². The minimum absolute atomic E-state index is 0.00341. The second kappa shape index (κ2) is 8.12. The molecule has 7 nitrogen and oxygen atoms in total. The van der Waals surface area contributed by atoms with Crippen molar-refractivity contribution < 1.29 is 23.8 Å². The van der Waals surface area contributed by atoms with Gasteiger partial charge in [-0.15, -0.1) is 0 Å². The second-order valence-electron chi connectivity index (χ2n) is 6.02. The first kappa shape index (κ1) is 18.2. The molecule has 24 heavy (non-hydrogen) atoms. The maximum Gasteiger partial charge on any atom is 0.260 e. The number of carbonyl (C=O) groups excluding carboxylic acids is 2. The van der Waals surface area contributed by atoms with Gasteiger partial charge in [-0.2, -0.15) is 0 Å². The number of hydrogen-bond donors (Lipinski definition) is 1. The Kier molecular flexibility index (Phi) is 6.16. The van der Waals surface area contributed by atoms with E-state index in [4.69, 9.17) is 19.9 Å². The van der Waals surface area contributed by atoms with E-state index in [-0.39, 0.29) is 32.1 Å². The number of hydrogen-bond acceptors (Lipinski definition) is 5. The zero-order valence-electron chi connectivity index (χ0n) is 14.1. The van der Waals surface area contributed by atoms with E-state index >= 15 is 0 Å². The van der Waals surface area contributed by atoms with E-state index in [0.29, 0.717) is 18.9 Å². The molecule has 2 amide bonds. The van der Waals surface area contributed by atoms with Crippen LogP contribution in [-0.2, 0) is 19.1 Å². The van der Waals surface area contributed by atoms with Crippen molar-refractivity contribution in [3.63, 3.8) is 0 Å². The van der Waals surface area contributed by atoms with E-state index in [2.05, 4.69) is 0 Å². The lowest BCUT2D eigenvalue weighted by molar-refractivity contribution is -0.167. The highest BCUT2D eigenvalue weighted by molar-refractivity contribution is 5.78. The van der Waals surface area contributed by atoms with Crippen LogP contribution in [0.4, 0.5) is 0 Å². The first-order valence-electron chi connectivity index (χ1n) is 7.82.